The minimum Gasteiger partial charge on any atom is -0.351 e. The van der Waals surface area contributed by atoms with Crippen molar-refractivity contribution in [1.29, 1.82) is 0 Å². The second kappa shape index (κ2) is 7.41. The number of nitrogens with one attached hydrogen (secondary N) is 1. The van der Waals surface area contributed by atoms with E-state index in [0.717, 1.165) is 25.5 Å². The molecule has 108 valence electrons. The minimum absolute atomic E-state index is 0.320. The van der Waals surface area contributed by atoms with E-state index >= 15 is 0 Å². The zero-order valence-electron chi connectivity index (χ0n) is 12.5. The Morgan fingerprint density at radius 3 is 2.80 bits per heavy atom. The Balaban J connectivity index is 2.24. The van der Waals surface area contributed by atoms with Crippen LogP contribution in [0.15, 0.2) is 35.8 Å². The summed E-state index contributed by atoms with van der Waals surface area (Å²) >= 11 is 1.80. The van der Waals surface area contributed by atoms with Gasteiger partial charge in [0.15, 0.2) is 0 Å². The monoisotopic (exact) mass is 289 g/mol. The summed E-state index contributed by atoms with van der Waals surface area (Å²) in [4.78, 5) is 8.34. The van der Waals surface area contributed by atoms with Crippen LogP contribution in [0.25, 0.3) is 0 Å². The molecule has 2 heterocycles. The highest BCUT2D eigenvalue weighted by atomic mass is 32.1. The van der Waals surface area contributed by atoms with Gasteiger partial charge in [0.2, 0.25) is 0 Å². The molecule has 0 amide bonds. The number of hydrogen-bond acceptors (Lipinski definition) is 4. The Labute approximate surface area is 125 Å². The second-order valence-electron chi connectivity index (χ2n) is 4.79. The van der Waals surface area contributed by atoms with Gasteiger partial charge in [-0.05, 0) is 37.9 Å². The van der Waals surface area contributed by atoms with Gasteiger partial charge in [-0.2, -0.15) is 0 Å². The number of rotatable bonds is 7. The molecule has 2 rings (SSSR count). The molecule has 0 fully saturated rings. The van der Waals surface area contributed by atoms with Crippen LogP contribution < -0.4 is 10.2 Å². The predicted octanol–water partition coefficient (Wildman–Crippen LogP) is 3.84. The molecule has 1 atom stereocenters. The Morgan fingerprint density at radius 2 is 2.15 bits per heavy atom. The smallest absolute Gasteiger partial charge is 0.133 e. The molecule has 0 saturated carbocycles. The lowest BCUT2D eigenvalue weighted by atomic mass is 10.1. The van der Waals surface area contributed by atoms with Crippen molar-refractivity contribution in [2.24, 2.45) is 0 Å². The normalized spacial score (nSPS) is 12.3. The van der Waals surface area contributed by atoms with Crippen LogP contribution in [-0.2, 0) is 6.54 Å². The molecule has 4 heteroatoms. The maximum atomic E-state index is 4.62. The third-order valence-electron chi connectivity index (χ3n) is 3.40. The summed E-state index contributed by atoms with van der Waals surface area (Å²) in [5.74, 6) is 1.09. The number of thiophene rings is 1. The Bertz CT molecular complexity index is 510. The zero-order valence-corrected chi connectivity index (χ0v) is 13.3. The van der Waals surface area contributed by atoms with Gasteiger partial charge in [0.25, 0.3) is 0 Å². The van der Waals surface area contributed by atoms with Crippen molar-refractivity contribution < 1.29 is 0 Å². The molecule has 0 saturated heterocycles. The second-order valence-corrected chi connectivity index (χ2v) is 5.82. The molecule has 0 bridgehead atoms. The fourth-order valence-electron chi connectivity index (χ4n) is 2.35. The molecular weight excluding hydrogens is 266 g/mol. The molecule has 2 aromatic heterocycles. The molecule has 0 spiro atoms. The lowest BCUT2D eigenvalue weighted by molar-refractivity contribution is 0.593. The van der Waals surface area contributed by atoms with Gasteiger partial charge in [-0.1, -0.05) is 19.1 Å². The van der Waals surface area contributed by atoms with E-state index < -0.39 is 0 Å². The quantitative estimate of drug-likeness (QED) is 0.839. The summed E-state index contributed by atoms with van der Waals surface area (Å²) in [6.07, 6.45) is 1.88. The van der Waals surface area contributed by atoms with Crippen molar-refractivity contribution in [3.8, 4) is 0 Å². The highest BCUT2D eigenvalue weighted by Gasteiger charge is 2.15. The fraction of sp³-hybridized carbons (Fsp3) is 0.438. The lowest BCUT2D eigenvalue weighted by Gasteiger charge is -2.26. The average Bonchev–Trinajstić information content (AvgIpc) is 2.98. The molecule has 1 N–H and O–H groups in total. The largest absolute Gasteiger partial charge is 0.351 e. The van der Waals surface area contributed by atoms with Crippen LogP contribution in [0.3, 0.4) is 0 Å². The maximum Gasteiger partial charge on any atom is 0.133 e. The Hall–Kier alpha value is -1.39. The number of nitrogens with zero attached hydrogens (tertiary/aromatic N) is 2. The molecule has 20 heavy (non-hydrogen) atoms. The lowest BCUT2D eigenvalue weighted by Crippen LogP contribution is -2.27. The van der Waals surface area contributed by atoms with Crippen LogP contribution >= 0.6 is 11.3 Å². The predicted molar refractivity (Wildman–Crippen MR) is 87.4 cm³/mol. The molecule has 0 aromatic carbocycles. The van der Waals surface area contributed by atoms with Gasteiger partial charge in [0.1, 0.15) is 5.82 Å². The van der Waals surface area contributed by atoms with Crippen LogP contribution in [0.1, 0.15) is 37.3 Å². The van der Waals surface area contributed by atoms with Crippen LogP contribution in [-0.4, -0.2) is 18.1 Å². The number of aromatic nitrogens is 1. The van der Waals surface area contributed by atoms with E-state index in [0.29, 0.717) is 6.04 Å². The topological polar surface area (TPSA) is 28.2 Å². The van der Waals surface area contributed by atoms with E-state index in [1.54, 1.807) is 11.3 Å². The maximum absolute atomic E-state index is 4.62. The van der Waals surface area contributed by atoms with Crippen molar-refractivity contribution >= 4 is 17.2 Å². The molecule has 3 nitrogen and oxygen atoms in total. The minimum atomic E-state index is 0.320. The van der Waals surface area contributed by atoms with E-state index in [-0.39, 0.29) is 0 Å². The first kappa shape index (κ1) is 15.0. The van der Waals surface area contributed by atoms with Crippen molar-refractivity contribution in [3.63, 3.8) is 0 Å². The molecule has 2 aromatic rings. The first-order valence-corrected chi connectivity index (χ1v) is 8.09. The summed E-state index contributed by atoms with van der Waals surface area (Å²) in [7, 11) is 0. The van der Waals surface area contributed by atoms with Gasteiger partial charge in [0.05, 0.1) is 6.54 Å². The highest BCUT2D eigenvalue weighted by Crippen LogP contribution is 2.25. The van der Waals surface area contributed by atoms with E-state index in [1.165, 1.54) is 10.4 Å². The zero-order chi connectivity index (χ0) is 14.4. The molecule has 0 radical (unpaired) electrons. The summed E-state index contributed by atoms with van der Waals surface area (Å²) < 4.78 is 0. The molecular formula is C16H23N3S. The van der Waals surface area contributed by atoms with E-state index in [2.05, 4.69) is 59.6 Å². The molecule has 0 aliphatic rings. The highest BCUT2D eigenvalue weighted by molar-refractivity contribution is 7.09. The fourth-order valence-corrected chi connectivity index (χ4v) is 3.07. The van der Waals surface area contributed by atoms with Crippen molar-refractivity contribution in [2.45, 2.75) is 33.4 Å². The van der Waals surface area contributed by atoms with Gasteiger partial charge in [-0.25, -0.2) is 4.98 Å². The van der Waals surface area contributed by atoms with Gasteiger partial charge < -0.3 is 10.2 Å². The molecule has 1 unspecified atom stereocenters. The summed E-state index contributed by atoms with van der Waals surface area (Å²) in [5.41, 5.74) is 1.27. The number of hydrogen-bond donors (Lipinski definition) is 1. The SMILES string of the molecule is CCNC(C)c1cccnc1N(CC)Cc1cccs1. The van der Waals surface area contributed by atoms with Gasteiger partial charge in [-0.3, -0.25) is 0 Å². The Kier molecular flexibility index (Phi) is 5.56. The standard InChI is InChI=1S/C16H23N3S/c1-4-17-13(3)15-9-6-10-18-16(15)19(5-2)12-14-8-7-11-20-14/h6-11,13,17H,4-5,12H2,1-3H3. The van der Waals surface area contributed by atoms with Gasteiger partial charge in [0, 0.05) is 29.2 Å². The van der Waals surface area contributed by atoms with E-state index in [9.17, 15) is 0 Å². The van der Waals surface area contributed by atoms with Crippen LogP contribution in [0, 0.1) is 0 Å². The van der Waals surface area contributed by atoms with Crippen LogP contribution in [0.4, 0.5) is 5.82 Å². The van der Waals surface area contributed by atoms with Gasteiger partial charge >= 0.3 is 0 Å². The average molecular weight is 289 g/mol. The Morgan fingerprint density at radius 1 is 1.30 bits per heavy atom. The van der Waals surface area contributed by atoms with Crippen molar-refractivity contribution in [3.05, 3.63) is 46.3 Å². The number of pyridine rings is 1. The van der Waals surface area contributed by atoms with E-state index in [4.69, 9.17) is 0 Å². The van der Waals surface area contributed by atoms with Crippen molar-refractivity contribution in [1.82, 2.24) is 10.3 Å². The third kappa shape index (κ3) is 3.58. The summed E-state index contributed by atoms with van der Waals surface area (Å²) in [6, 6.07) is 8.80. The third-order valence-corrected chi connectivity index (χ3v) is 4.26. The molecule has 0 aliphatic heterocycles. The summed E-state index contributed by atoms with van der Waals surface area (Å²) in [5, 5.41) is 5.60. The molecule has 0 aliphatic carbocycles. The van der Waals surface area contributed by atoms with Gasteiger partial charge in [-0.15, -0.1) is 11.3 Å². The summed E-state index contributed by atoms with van der Waals surface area (Å²) in [6.45, 7) is 9.37. The van der Waals surface area contributed by atoms with Crippen LogP contribution in [0.5, 0.6) is 0 Å². The number of anilines is 1. The van der Waals surface area contributed by atoms with Crippen LogP contribution in [0.2, 0.25) is 0 Å². The van der Waals surface area contributed by atoms with Crippen molar-refractivity contribution in [2.75, 3.05) is 18.0 Å². The van der Waals surface area contributed by atoms with E-state index in [1.807, 2.05) is 12.3 Å². The first-order chi connectivity index (χ1) is 9.76. The first-order valence-electron chi connectivity index (χ1n) is 7.21.